The zero-order chi connectivity index (χ0) is 20.4. The molecule has 3 aromatic carbocycles. The molecule has 0 heterocycles. The molecule has 1 fully saturated rings. The minimum absolute atomic E-state index is 0.0500. The third kappa shape index (κ3) is 4.58. The van der Waals surface area contributed by atoms with E-state index in [0.29, 0.717) is 11.3 Å². The smallest absolute Gasteiger partial charge is 0.262 e. The first-order chi connectivity index (χ1) is 13.9. The van der Waals surface area contributed by atoms with Crippen LogP contribution in [0.15, 0.2) is 65.6 Å². The maximum absolute atomic E-state index is 12.4. The summed E-state index contributed by atoms with van der Waals surface area (Å²) < 4.78 is 32.9. The molecule has 150 valence electrons. The Balaban J connectivity index is 1.41. The van der Waals surface area contributed by atoms with Gasteiger partial charge in [-0.15, -0.1) is 0 Å². The Kier molecular flexibility index (Phi) is 5.25. The van der Waals surface area contributed by atoms with Crippen LogP contribution in [0.2, 0.25) is 0 Å². The van der Waals surface area contributed by atoms with E-state index in [0.717, 1.165) is 29.3 Å². The van der Waals surface area contributed by atoms with Crippen LogP contribution < -0.4 is 14.8 Å². The van der Waals surface area contributed by atoms with Crippen LogP contribution in [0.3, 0.4) is 0 Å². The minimum Gasteiger partial charge on any atom is -0.483 e. The van der Waals surface area contributed by atoms with Gasteiger partial charge >= 0.3 is 0 Å². The normalized spacial score (nSPS) is 14.0. The van der Waals surface area contributed by atoms with Crippen molar-refractivity contribution in [3.63, 3.8) is 0 Å². The van der Waals surface area contributed by atoms with E-state index in [1.165, 1.54) is 6.07 Å². The van der Waals surface area contributed by atoms with E-state index in [1.807, 2.05) is 42.5 Å². The van der Waals surface area contributed by atoms with Crippen molar-refractivity contribution < 1.29 is 17.9 Å². The van der Waals surface area contributed by atoms with Gasteiger partial charge < -0.3 is 10.1 Å². The maximum atomic E-state index is 12.4. The molecule has 0 radical (unpaired) electrons. The Morgan fingerprint density at radius 2 is 1.83 bits per heavy atom. The number of hydrogen-bond donors (Lipinski definition) is 2. The summed E-state index contributed by atoms with van der Waals surface area (Å²) in [6.07, 6.45) is 1.76. The van der Waals surface area contributed by atoms with Gasteiger partial charge in [-0.25, -0.2) is 13.1 Å². The number of sulfonamides is 1. The van der Waals surface area contributed by atoms with Gasteiger partial charge in [-0.05, 0) is 55.0 Å². The molecule has 0 aromatic heterocycles. The number of nitrogens with one attached hydrogen (secondary N) is 2. The highest BCUT2D eigenvalue weighted by molar-refractivity contribution is 7.89. The summed E-state index contributed by atoms with van der Waals surface area (Å²) in [4.78, 5) is 12.6. The van der Waals surface area contributed by atoms with E-state index >= 15 is 0 Å². The van der Waals surface area contributed by atoms with Crippen molar-refractivity contribution in [3.05, 3.63) is 66.2 Å². The second-order valence-electron chi connectivity index (χ2n) is 7.19. The molecule has 3 aromatic rings. The summed E-state index contributed by atoms with van der Waals surface area (Å²) >= 11 is 0. The molecular formula is C22H22N2O4S. The molecule has 0 atom stereocenters. The summed E-state index contributed by atoms with van der Waals surface area (Å²) in [5.41, 5.74) is 1.38. The number of ether oxygens (including phenoxy) is 1. The second-order valence-corrected chi connectivity index (χ2v) is 8.90. The number of aryl methyl sites for hydroxylation is 1. The fourth-order valence-electron chi connectivity index (χ4n) is 3.10. The van der Waals surface area contributed by atoms with Gasteiger partial charge in [0, 0.05) is 17.1 Å². The first-order valence-electron chi connectivity index (χ1n) is 9.46. The van der Waals surface area contributed by atoms with Crippen LogP contribution in [-0.2, 0) is 14.8 Å². The highest BCUT2D eigenvalue weighted by Crippen LogP contribution is 2.26. The molecule has 0 unspecified atom stereocenters. The molecule has 1 aliphatic rings. The molecule has 0 bridgehead atoms. The van der Waals surface area contributed by atoms with E-state index < -0.39 is 10.0 Å². The Hall–Kier alpha value is -2.90. The van der Waals surface area contributed by atoms with Crippen molar-refractivity contribution in [1.29, 1.82) is 0 Å². The van der Waals surface area contributed by atoms with Crippen LogP contribution in [0.25, 0.3) is 10.8 Å². The largest absolute Gasteiger partial charge is 0.483 e. The van der Waals surface area contributed by atoms with Crippen molar-refractivity contribution in [3.8, 4) is 5.75 Å². The summed E-state index contributed by atoms with van der Waals surface area (Å²) in [6.45, 7) is 1.59. The first kappa shape index (κ1) is 19.4. The van der Waals surface area contributed by atoms with Gasteiger partial charge in [0.15, 0.2) is 6.61 Å². The number of hydrogen-bond acceptors (Lipinski definition) is 4. The molecule has 6 nitrogen and oxygen atoms in total. The van der Waals surface area contributed by atoms with Crippen LogP contribution in [0, 0.1) is 6.92 Å². The van der Waals surface area contributed by atoms with Crippen LogP contribution >= 0.6 is 0 Å². The molecule has 4 rings (SSSR count). The lowest BCUT2D eigenvalue weighted by Gasteiger charge is -2.12. The molecular weight excluding hydrogens is 388 g/mol. The first-order valence-corrected chi connectivity index (χ1v) is 10.9. The average Bonchev–Trinajstić information content (AvgIpc) is 3.50. The summed E-state index contributed by atoms with van der Waals surface area (Å²) in [7, 11) is -3.51. The van der Waals surface area contributed by atoms with E-state index in [1.54, 1.807) is 19.1 Å². The summed E-state index contributed by atoms with van der Waals surface area (Å²) in [5, 5.41) is 4.87. The Bertz CT molecular complexity index is 1170. The van der Waals surface area contributed by atoms with Crippen molar-refractivity contribution >= 4 is 32.4 Å². The predicted octanol–water partition coefficient (Wildman–Crippen LogP) is 3.61. The van der Waals surface area contributed by atoms with Crippen LogP contribution in [0.5, 0.6) is 5.75 Å². The molecule has 0 spiro atoms. The highest BCUT2D eigenvalue weighted by Gasteiger charge is 2.28. The second kappa shape index (κ2) is 7.85. The number of rotatable bonds is 7. The monoisotopic (exact) mass is 410 g/mol. The third-order valence-electron chi connectivity index (χ3n) is 4.78. The zero-order valence-electron chi connectivity index (χ0n) is 16.0. The van der Waals surface area contributed by atoms with Crippen molar-refractivity contribution in [2.75, 3.05) is 11.9 Å². The van der Waals surface area contributed by atoms with Gasteiger partial charge in [-0.1, -0.05) is 36.4 Å². The Morgan fingerprint density at radius 3 is 2.59 bits per heavy atom. The molecule has 0 aliphatic heterocycles. The average molecular weight is 410 g/mol. The number of carbonyl (C=O) groups excluding carboxylic acids is 1. The van der Waals surface area contributed by atoms with Crippen LogP contribution in [0.4, 0.5) is 5.69 Å². The molecule has 1 aliphatic carbocycles. The molecule has 2 N–H and O–H groups in total. The molecule has 1 amide bonds. The van der Waals surface area contributed by atoms with Crippen molar-refractivity contribution in [2.45, 2.75) is 30.7 Å². The Morgan fingerprint density at radius 1 is 1.07 bits per heavy atom. The number of fused-ring (bicyclic) bond motifs is 1. The van der Waals surface area contributed by atoms with E-state index in [2.05, 4.69) is 10.0 Å². The number of benzene rings is 3. The standard InChI is InChI=1S/C22H22N2O4S/c1-15-13-18(29(26,27)24-17-9-10-17)11-12-21(15)28-14-22(25)23-20-8-4-6-16-5-2-3-7-19(16)20/h2-8,11-13,17,24H,9-10,14H2,1H3,(H,23,25). The Labute approximate surface area is 169 Å². The lowest BCUT2D eigenvalue weighted by Crippen LogP contribution is -2.25. The van der Waals surface area contributed by atoms with Gasteiger partial charge in [0.2, 0.25) is 10.0 Å². The summed E-state index contributed by atoms with van der Waals surface area (Å²) in [5.74, 6) is 0.191. The number of carbonyl (C=O) groups is 1. The molecule has 7 heteroatoms. The van der Waals surface area contributed by atoms with E-state index in [-0.39, 0.29) is 23.5 Å². The third-order valence-corrected chi connectivity index (χ3v) is 6.30. The minimum atomic E-state index is -3.51. The van der Waals surface area contributed by atoms with Gasteiger partial charge in [-0.2, -0.15) is 0 Å². The molecule has 1 saturated carbocycles. The summed E-state index contributed by atoms with van der Waals surface area (Å²) in [6, 6.07) is 18.2. The van der Waals surface area contributed by atoms with Crippen molar-refractivity contribution in [2.24, 2.45) is 0 Å². The number of amides is 1. The topological polar surface area (TPSA) is 84.5 Å². The zero-order valence-corrected chi connectivity index (χ0v) is 16.8. The van der Waals surface area contributed by atoms with Gasteiger partial charge in [0.25, 0.3) is 5.91 Å². The number of anilines is 1. The fourth-order valence-corrected chi connectivity index (χ4v) is 4.49. The highest BCUT2D eigenvalue weighted by atomic mass is 32.2. The van der Waals surface area contributed by atoms with Crippen molar-refractivity contribution in [1.82, 2.24) is 4.72 Å². The molecule has 29 heavy (non-hydrogen) atoms. The van der Waals surface area contributed by atoms with E-state index in [9.17, 15) is 13.2 Å². The fraction of sp³-hybridized carbons (Fsp3) is 0.227. The molecule has 0 saturated heterocycles. The quantitative estimate of drug-likeness (QED) is 0.623. The SMILES string of the molecule is Cc1cc(S(=O)(=O)NC2CC2)ccc1OCC(=O)Nc1cccc2ccccc12. The predicted molar refractivity (Wildman–Crippen MR) is 113 cm³/mol. The van der Waals surface area contributed by atoms with E-state index in [4.69, 9.17) is 4.74 Å². The van der Waals surface area contributed by atoms with Gasteiger partial charge in [-0.3, -0.25) is 4.79 Å². The maximum Gasteiger partial charge on any atom is 0.262 e. The lowest BCUT2D eigenvalue weighted by atomic mass is 10.1. The van der Waals surface area contributed by atoms with Crippen LogP contribution in [0.1, 0.15) is 18.4 Å². The lowest BCUT2D eigenvalue weighted by molar-refractivity contribution is -0.118. The van der Waals surface area contributed by atoms with Gasteiger partial charge in [0.1, 0.15) is 5.75 Å². The van der Waals surface area contributed by atoms with Crippen LogP contribution in [-0.4, -0.2) is 27.0 Å². The van der Waals surface area contributed by atoms with Gasteiger partial charge in [0.05, 0.1) is 4.90 Å².